The molecule has 2 N–H and O–H groups in total. The van der Waals surface area contributed by atoms with Crippen molar-refractivity contribution in [1.82, 2.24) is 4.98 Å². The number of nitrogens with one attached hydrogen (secondary N) is 1. The zero-order valence-corrected chi connectivity index (χ0v) is 19.8. The number of thiophene rings is 1. The van der Waals surface area contributed by atoms with Gasteiger partial charge >= 0.3 is 5.97 Å². The van der Waals surface area contributed by atoms with E-state index >= 15 is 0 Å². The van der Waals surface area contributed by atoms with E-state index in [0.717, 1.165) is 38.9 Å². The molecule has 2 aromatic heterocycles. The van der Waals surface area contributed by atoms with E-state index in [1.165, 1.54) is 6.07 Å². The van der Waals surface area contributed by atoms with Gasteiger partial charge in [0, 0.05) is 22.7 Å². The monoisotopic (exact) mass is 477 g/mol. The first kappa shape index (κ1) is 22.8. The number of carbonyl (C=O) groups is 1. The number of benzene rings is 2. The second-order valence-electron chi connectivity index (χ2n) is 8.04. The Balaban J connectivity index is 1.56. The van der Waals surface area contributed by atoms with Gasteiger partial charge in [-0.1, -0.05) is 54.7 Å². The first-order chi connectivity index (χ1) is 15.7. The van der Waals surface area contributed by atoms with Crippen LogP contribution in [0.2, 0.25) is 0 Å². The van der Waals surface area contributed by atoms with Crippen LogP contribution in [0.1, 0.15) is 34.4 Å². The molecule has 0 aliphatic heterocycles. The second kappa shape index (κ2) is 9.26. The van der Waals surface area contributed by atoms with E-state index < -0.39 is 33.4 Å². The molecule has 0 aliphatic rings. The molecular formula is C26H23NO4S2. The minimum Gasteiger partial charge on any atom is -0.481 e. The number of aromatic nitrogens is 1. The van der Waals surface area contributed by atoms with Gasteiger partial charge in [-0.05, 0) is 48.7 Å². The summed E-state index contributed by atoms with van der Waals surface area (Å²) in [5.74, 6) is 2.85. The molecule has 7 heteroatoms. The zero-order chi connectivity index (χ0) is 23.6. The Labute approximate surface area is 197 Å². The van der Waals surface area contributed by atoms with Crippen molar-refractivity contribution in [1.29, 1.82) is 0 Å². The average molecular weight is 478 g/mol. The smallest absolute Gasteiger partial charge is 0.308 e. The Morgan fingerprint density at radius 3 is 2.52 bits per heavy atom. The third-order valence-corrected chi connectivity index (χ3v) is 9.06. The highest BCUT2D eigenvalue weighted by molar-refractivity contribution is 7.93. The van der Waals surface area contributed by atoms with Gasteiger partial charge in [-0.2, -0.15) is 0 Å². The van der Waals surface area contributed by atoms with Crippen molar-refractivity contribution in [3.63, 3.8) is 0 Å². The molecule has 0 aliphatic carbocycles. The van der Waals surface area contributed by atoms with Gasteiger partial charge < -0.3 is 10.1 Å². The second-order valence-corrected chi connectivity index (χ2v) is 11.4. The lowest BCUT2D eigenvalue weighted by Crippen LogP contribution is -2.28. The van der Waals surface area contributed by atoms with Crippen molar-refractivity contribution in [2.45, 2.75) is 24.0 Å². The Kier molecular flexibility index (Phi) is 6.41. The third kappa shape index (κ3) is 5.03. The fourth-order valence-corrected chi connectivity index (χ4v) is 6.68. The summed E-state index contributed by atoms with van der Waals surface area (Å²) in [5.41, 5.74) is 3.67. The number of hydrogen-bond acceptors (Lipinski definition) is 4. The zero-order valence-electron chi connectivity index (χ0n) is 18.2. The maximum atomic E-state index is 13.1. The standard InChI is InChI=1S/C26H23NO4S2/c1-17-7-9-19(10-8-17)11-12-20-13-14-25(32-20)33(30,31)16-23(26(28)29)18(2)22-15-27-24-6-4-3-5-21(22)24/h3-10,13-15,18,23,27H,16H2,1-2H3,(H,28,29)/t18?,23-/m0/s1. The quantitative estimate of drug-likeness (QED) is 0.373. The Hall–Kier alpha value is -3.34. The largest absolute Gasteiger partial charge is 0.481 e. The molecule has 0 fully saturated rings. The molecule has 0 saturated carbocycles. The number of carboxylic acid groups (broad SMARTS) is 1. The van der Waals surface area contributed by atoms with Gasteiger partial charge in [0.05, 0.1) is 16.5 Å². The molecule has 0 bridgehead atoms. The summed E-state index contributed by atoms with van der Waals surface area (Å²) in [6.07, 6.45) is 1.77. The van der Waals surface area contributed by atoms with Crippen LogP contribution in [0.15, 0.2) is 71.1 Å². The van der Waals surface area contributed by atoms with Crippen LogP contribution in [0.5, 0.6) is 0 Å². The highest BCUT2D eigenvalue weighted by atomic mass is 32.2. The lowest BCUT2D eigenvalue weighted by atomic mass is 9.88. The van der Waals surface area contributed by atoms with Crippen molar-refractivity contribution < 1.29 is 18.3 Å². The summed E-state index contributed by atoms with van der Waals surface area (Å²) in [7, 11) is -3.80. The maximum Gasteiger partial charge on any atom is 0.308 e. The molecular weight excluding hydrogens is 454 g/mol. The molecule has 4 aromatic rings. The van der Waals surface area contributed by atoms with Gasteiger partial charge in [0.2, 0.25) is 0 Å². The third-order valence-electron chi connectivity index (χ3n) is 5.70. The lowest BCUT2D eigenvalue weighted by molar-refractivity contribution is -0.141. The summed E-state index contributed by atoms with van der Waals surface area (Å²) in [6, 6.07) is 18.5. The summed E-state index contributed by atoms with van der Waals surface area (Å²) in [5, 5.41) is 10.8. The number of fused-ring (bicyclic) bond motifs is 1. The average Bonchev–Trinajstić information content (AvgIpc) is 3.44. The minimum absolute atomic E-state index is 0.132. The molecule has 1 unspecified atom stereocenters. The maximum absolute atomic E-state index is 13.1. The molecule has 4 rings (SSSR count). The van der Waals surface area contributed by atoms with Gasteiger partial charge in [0.15, 0.2) is 9.84 Å². The van der Waals surface area contributed by atoms with Crippen LogP contribution in [0, 0.1) is 24.7 Å². The molecule has 0 radical (unpaired) electrons. The number of rotatable bonds is 6. The number of aliphatic carboxylic acids is 1. The first-order valence-electron chi connectivity index (χ1n) is 10.4. The number of sulfone groups is 1. The van der Waals surface area contributed by atoms with E-state index in [9.17, 15) is 18.3 Å². The molecule has 0 saturated heterocycles. The highest BCUT2D eigenvalue weighted by Crippen LogP contribution is 2.33. The minimum atomic E-state index is -3.80. The molecule has 33 heavy (non-hydrogen) atoms. The number of para-hydroxylation sites is 1. The predicted octanol–water partition coefficient (Wildman–Crippen LogP) is 5.22. The molecule has 0 amide bonds. The van der Waals surface area contributed by atoms with Crippen molar-refractivity contribution in [3.8, 4) is 11.8 Å². The van der Waals surface area contributed by atoms with E-state index in [4.69, 9.17) is 0 Å². The van der Waals surface area contributed by atoms with Crippen molar-refractivity contribution in [3.05, 3.63) is 88.4 Å². The Morgan fingerprint density at radius 2 is 1.79 bits per heavy atom. The van der Waals surface area contributed by atoms with Crippen LogP contribution in [0.3, 0.4) is 0 Å². The van der Waals surface area contributed by atoms with Crippen LogP contribution < -0.4 is 0 Å². The van der Waals surface area contributed by atoms with Crippen molar-refractivity contribution >= 4 is 38.0 Å². The van der Waals surface area contributed by atoms with Crippen LogP contribution >= 0.6 is 11.3 Å². The Bertz CT molecular complexity index is 1470. The summed E-state index contributed by atoms with van der Waals surface area (Å²) in [4.78, 5) is 15.8. The van der Waals surface area contributed by atoms with Crippen LogP contribution in [-0.2, 0) is 14.6 Å². The number of H-pyrrole nitrogens is 1. The lowest BCUT2D eigenvalue weighted by Gasteiger charge is -2.19. The van der Waals surface area contributed by atoms with Crippen molar-refractivity contribution in [2.75, 3.05) is 5.75 Å². The molecule has 5 nitrogen and oxygen atoms in total. The fourth-order valence-electron chi connectivity index (χ4n) is 3.76. The van der Waals surface area contributed by atoms with E-state index in [1.54, 1.807) is 19.2 Å². The predicted molar refractivity (Wildman–Crippen MR) is 131 cm³/mol. The van der Waals surface area contributed by atoms with Crippen LogP contribution in [0.4, 0.5) is 0 Å². The molecule has 2 atom stereocenters. The number of hydrogen-bond donors (Lipinski definition) is 2. The van der Waals surface area contributed by atoms with Gasteiger partial charge in [-0.25, -0.2) is 8.42 Å². The number of aromatic amines is 1. The summed E-state index contributed by atoms with van der Waals surface area (Å²) >= 11 is 1.07. The SMILES string of the molecule is Cc1ccc(C#Cc2ccc(S(=O)(=O)C[C@H](C(=O)O)C(C)c3c[nH]c4ccccc34)s2)cc1. The highest BCUT2D eigenvalue weighted by Gasteiger charge is 2.33. The number of carboxylic acids is 1. The first-order valence-corrected chi connectivity index (χ1v) is 12.9. The Morgan fingerprint density at radius 1 is 1.06 bits per heavy atom. The van der Waals surface area contributed by atoms with Gasteiger partial charge in [0.25, 0.3) is 0 Å². The van der Waals surface area contributed by atoms with Crippen LogP contribution in [-0.4, -0.2) is 30.2 Å². The van der Waals surface area contributed by atoms with E-state index in [2.05, 4.69) is 16.8 Å². The summed E-state index contributed by atoms with van der Waals surface area (Å²) in [6.45, 7) is 3.76. The van der Waals surface area contributed by atoms with E-state index in [1.807, 2.05) is 55.5 Å². The normalized spacial score (nSPS) is 13.3. The molecule has 2 heterocycles. The van der Waals surface area contributed by atoms with Gasteiger partial charge in [-0.3, -0.25) is 4.79 Å². The molecule has 0 spiro atoms. The molecule has 168 valence electrons. The molecule has 2 aromatic carbocycles. The van der Waals surface area contributed by atoms with Crippen LogP contribution in [0.25, 0.3) is 10.9 Å². The van der Waals surface area contributed by atoms with Crippen molar-refractivity contribution in [2.24, 2.45) is 5.92 Å². The summed E-state index contributed by atoms with van der Waals surface area (Å²) < 4.78 is 26.3. The fraction of sp³-hybridized carbons (Fsp3) is 0.192. The van der Waals surface area contributed by atoms with Gasteiger partial charge in [0.1, 0.15) is 4.21 Å². The number of aryl methyl sites for hydroxylation is 1. The van der Waals surface area contributed by atoms with Gasteiger partial charge in [-0.15, -0.1) is 11.3 Å². The topological polar surface area (TPSA) is 87.2 Å². The van der Waals surface area contributed by atoms with E-state index in [-0.39, 0.29) is 4.21 Å². The van der Waals surface area contributed by atoms with E-state index in [0.29, 0.717) is 4.88 Å².